The van der Waals surface area contributed by atoms with Crippen LogP contribution in [0.2, 0.25) is 0 Å². The van der Waals surface area contributed by atoms with Gasteiger partial charge in [0.1, 0.15) is 0 Å². The summed E-state index contributed by atoms with van der Waals surface area (Å²) < 4.78 is 0.936. The average molecular weight is 323 g/mol. The van der Waals surface area contributed by atoms with Crippen molar-refractivity contribution in [3.8, 4) is 0 Å². The first kappa shape index (κ1) is 11.5. The van der Waals surface area contributed by atoms with Crippen LogP contribution in [0.25, 0.3) is 0 Å². The molecule has 1 rings (SSSR count). The summed E-state index contributed by atoms with van der Waals surface area (Å²) in [6.07, 6.45) is -0.938. The van der Waals surface area contributed by atoms with Gasteiger partial charge in [-0.2, -0.15) is 0 Å². The second-order valence-corrected chi connectivity index (χ2v) is 4.31. The molecule has 1 aromatic rings. The highest BCUT2D eigenvalue weighted by Gasteiger charge is 2.12. The minimum atomic E-state index is -0.938. The Morgan fingerprint density at radius 2 is 1.93 bits per heavy atom. The van der Waals surface area contributed by atoms with Gasteiger partial charge >= 0.3 is 6.09 Å². The molecule has 0 spiro atoms. The second kappa shape index (κ2) is 5.36. The van der Waals surface area contributed by atoms with E-state index in [1.807, 2.05) is 12.1 Å². The van der Waals surface area contributed by atoms with Crippen molar-refractivity contribution in [3.63, 3.8) is 0 Å². The van der Waals surface area contributed by atoms with Crippen LogP contribution in [0, 0.1) is 0 Å². The number of halogens is 2. The first-order chi connectivity index (χ1) is 6.65. The van der Waals surface area contributed by atoms with Crippen LogP contribution in [0.5, 0.6) is 0 Å². The molecule has 0 aliphatic heterocycles. The predicted octanol–water partition coefficient (Wildman–Crippen LogP) is 3.33. The lowest BCUT2D eigenvalue weighted by Gasteiger charge is -2.17. The Kier molecular flexibility index (Phi) is 4.41. The van der Waals surface area contributed by atoms with Crippen LogP contribution in [0.3, 0.4) is 0 Å². The van der Waals surface area contributed by atoms with Gasteiger partial charge in [-0.05, 0) is 24.3 Å². The maximum absolute atomic E-state index is 10.9. The minimum absolute atomic E-state index is 0.441. The standard InChI is InChI=1S/C9H9Br2NO2/c10-5-6-12(9(13)14)8-3-1-7(11)2-4-8/h1-4H,5-6H2,(H,13,14). The largest absolute Gasteiger partial charge is 0.465 e. The van der Waals surface area contributed by atoms with Crippen molar-refractivity contribution >= 4 is 43.6 Å². The van der Waals surface area contributed by atoms with Gasteiger partial charge in [0.25, 0.3) is 0 Å². The van der Waals surface area contributed by atoms with Gasteiger partial charge in [-0.25, -0.2) is 4.79 Å². The molecule has 0 bridgehead atoms. The number of carbonyl (C=O) groups is 1. The van der Waals surface area contributed by atoms with Crippen LogP contribution >= 0.6 is 31.9 Å². The number of alkyl halides is 1. The number of nitrogens with zero attached hydrogens (tertiary/aromatic N) is 1. The molecule has 0 unspecified atom stereocenters. The summed E-state index contributed by atoms with van der Waals surface area (Å²) in [4.78, 5) is 12.2. The van der Waals surface area contributed by atoms with Gasteiger partial charge in [-0.15, -0.1) is 0 Å². The molecule has 0 atom stereocenters. The van der Waals surface area contributed by atoms with Crippen LogP contribution < -0.4 is 4.90 Å². The van der Waals surface area contributed by atoms with Crippen LogP contribution in [-0.4, -0.2) is 23.1 Å². The van der Waals surface area contributed by atoms with E-state index in [9.17, 15) is 4.79 Å². The van der Waals surface area contributed by atoms with E-state index in [1.165, 1.54) is 4.90 Å². The van der Waals surface area contributed by atoms with Crippen LogP contribution in [0.4, 0.5) is 10.5 Å². The third-order valence-corrected chi connectivity index (χ3v) is 2.56. The van der Waals surface area contributed by atoms with Crippen molar-refractivity contribution in [3.05, 3.63) is 28.7 Å². The van der Waals surface area contributed by atoms with Crippen molar-refractivity contribution in [1.29, 1.82) is 0 Å². The molecule has 3 nitrogen and oxygen atoms in total. The third kappa shape index (κ3) is 2.99. The van der Waals surface area contributed by atoms with Crippen molar-refractivity contribution in [2.45, 2.75) is 0 Å². The molecule has 0 radical (unpaired) electrons. The molecule has 1 aromatic carbocycles. The maximum atomic E-state index is 10.9. The number of benzene rings is 1. The fourth-order valence-corrected chi connectivity index (χ4v) is 1.66. The Morgan fingerprint density at radius 3 is 2.36 bits per heavy atom. The predicted molar refractivity (Wildman–Crippen MR) is 63.3 cm³/mol. The zero-order valence-electron chi connectivity index (χ0n) is 7.28. The lowest BCUT2D eigenvalue weighted by Crippen LogP contribution is -2.30. The van der Waals surface area contributed by atoms with Crippen molar-refractivity contribution in [2.75, 3.05) is 16.8 Å². The summed E-state index contributed by atoms with van der Waals surface area (Å²) in [5.74, 6) is 0. The highest BCUT2D eigenvalue weighted by Crippen LogP contribution is 2.18. The number of anilines is 1. The van der Waals surface area contributed by atoms with Gasteiger partial charge in [0.2, 0.25) is 0 Å². The maximum Gasteiger partial charge on any atom is 0.411 e. The second-order valence-electron chi connectivity index (χ2n) is 2.60. The third-order valence-electron chi connectivity index (χ3n) is 1.68. The summed E-state index contributed by atoms with van der Waals surface area (Å²) >= 11 is 6.51. The van der Waals surface area contributed by atoms with Gasteiger partial charge in [0.15, 0.2) is 0 Å². The van der Waals surface area contributed by atoms with E-state index >= 15 is 0 Å². The molecule has 1 N–H and O–H groups in total. The Balaban J connectivity index is 2.87. The van der Waals surface area contributed by atoms with Gasteiger partial charge in [0.05, 0.1) is 0 Å². The van der Waals surface area contributed by atoms with Crippen molar-refractivity contribution in [1.82, 2.24) is 0 Å². The topological polar surface area (TPSA) is 40.5 Å². The number of amides is 1. The van der Waals surface area contributed by atoms with Gasteiger partial charge in [0, 0.05) is 22.0 Å². The van der Waals surface area contributed by atoms with Gasteiger partial charge in [-0.3, -0.25) is 4.90 Å². The number of carboxylic acid groups (broad SMARTS) is 1. The Morgan fingerprint density at radius 1 is 1.36 bits per heavy atom. The van der Waals surface area contributed by atoms with E-state index in [2.05, 4.69) is 31.9 Å². The molecule has 0 saturated heterocycles. The first-order valence-corrected chi connectivity index (χ1v) is 5.88. The smallest absolute Gasteiger partial charge is 0.411 e. The van der Waals surface area contributed by atoms with E-state index in [0.29, 0.717) is 17.6 Å². The van der Waals surface area contributed by atoms with Crippen LogP contribution in [0.1, 0.15) is 0 Å². The summed E-state index contributed by atoms with van der Waals surface area (Å²) in [6, 6.07) is 7.17. The molecule has 1 amide bonds. The normalized spacial score (nSPS) is 9.86. The molecule has 0 saturated carbocycles. The number of hydrogen-bond acceptors (Lipinski definition) is 1. The molecule has 14 heavy (non-hydrogen) atoms. The fourth-order valence-electron chi connectivity index (χ4n) is 1.04. The molecule has 0 fully saturated rings. The summed E-state index contributed by atoms with van der Waals surface area (Å²) in [5, 5.41) is 9.54. The van der Waals surface area contributed by atoms with Crippen LogP contribution in [0.15, 0.2) is 28.7 Å². The molecule has 76 valence electrons. The lowest BCUT2D eigenvalue weighted by molar-refractivity contribution is 0.202. The van der Waals surface area contributed by atoms with E-state index in [0.717, 1.165) is 4.47 Å². The number of rotatable bonds is 3. The Hall–Kier alpha value is -0.550. The van der Waals surface area contributed by atoms with Gasteiger partial charge in [-0.1, -0.05) is 31.9 Å². The molecule has 0 aromatic heterocycles. The molecular weight excluding hydrogens is 314 g/mol. The minimum Gasteiger partial charge on any atom is -0.465 e. The zero-order chi connectivity index (χ0) is 10.6. The van der Waals surface area contributed by atoms with Gasteiger partial charge < -0.3 is 5.11 Å². The highest BCUT2D eigenvalue weighted by molar-refractivity contribution is 9.10. The molecule has 5 heteroatoms. The SMILES string of the molecule is O=C(O)N(CCBr)c1ccc(Br)cc1. The van der Waals surface area contributed by atoms with E-state index in [1.54, 1.807) is 12.1 Å². The van der Waals surface area contributed by atoms with Crippen LogP contribution in [-0.2, 0) is 0 Å². The molecule has 0 aliphatic rings. The van der Waals surface area contributed by atoms with E-state index in [-0.39, 0.29) is 0 Å². The zero-order valence-corrected chi connectivity index (χ0v) is 10.5. The highest BCUT2D eigenvalue weighted by atomic mass is 79.9. The summed E-state index contributed by atoms with van der Waals surface area (Å²) in [5.41, 5.74) is 0.681. The quantitative estimate of drug-likeness (QED) is 0.867. The summed E-state index contributed by atoms with van der Waals surface area (Å²) in [7, 11) is 0. The monoisotopic (exact) mass is 321 g/mol. The Bertz CT molecular complexity index is 313. The van der Waals surface area contributed by atoms with E-state index < -0.39 is 6.09 Å². The first-order valence-electron chi connectivity index (χ1n) is 3.97. The molecular formula is C9H9Br2NO2. The van der Waals surface area contributed by atoms with Crippen molar-refractivity contribution < 1.29 is 9.90 Å². The fraction of sp³-hybridized carbons (Fsp3) is 0.222. The molecule has 0 aliphatic carbocycles. The Labute approximate surface area is 99.0 Å². The summed E-state index contributed by atoms with van der Waals surface area (Å²) in [6.45, 7) is 0.441. The lowest BCUT2D eigenvalue weighted by atomic mass is 10.3. The van der Waals surface area contributed by atoms with E-state index in [4.69, 9.17) is 5.11 Å². The molecule has 0 heterocycles. The van der Waals surface area contributed by atoms with Crippen molar-refractivity contribution in [2.24, 2.45) is 0 Å². The number of hydrogen-bond donors (Lipinski definition) is 1. The average Bonchev–Trinajstić information content (AvgIpc) is 2.15.